The number of thioether (sulfide) groups is 1. The van der Waals surface area contributed by atoms with E-state index in [4.69, 9.17) is 9.47 Å². The second-order valence-corrected chi connectivity index (χ2v) is 6.92. The summed E-state index contributed by atoms with van der Waals surface area (Å²) in [6, 6.07) is 7.51. The van der Waals surface area contributed by atoms with Crippen molar-refractivity contribution >= 4 is 17.9 Å². The number of hydrogen-bond acceptors (Lipinski definition) is 5. The summed E-state index contributed by atoms with van der Waals surface area (Å²) in [6.45, 7) is 5.30. The Balaban J connectivity index is 2.35. The van der Waals surface area contributed by atoms with E-state index in [0.717, 1.165) is 11.5 Å². The highest BCUT2D eigenvalue weighted by Gasteiger charge is 2.19. The maximum absolute atomic E-state index is 11.7. The maximum Gasteiger partial charge on any atom is 0.407 e. The quantitative estimate of drug-likeness (QED) is 0.806. The molecule has 1 aromatic carbocycles. The number of benzene rings is 1. The molecule has 1 amide bonds. The third-order valence-corrected chi connectivity index (χ3v) is 3.86. The number of amides is 1. The first kappa shape index (κ1) is 18.6. The van der Waals surface area contributed by atoms with E-state index in [1.807, 2.05) is 24.3 Å². The molecule has 0 spiro atoms. The molecule has 0 aliphatic heterocycles. The number of hydrogen-bond donors (Lipinski definition) is 2. The molecule has 0 bridgehead atoms. The average Bonchev–Trinajstić information content (AvgIpc) is 2.45. The van der Waals surface area contributed by atoms with Crippen LogP contribution in [0, 0.1) is 0 Å². The fourth-order valence-electron chi connectivity index (χ4n) is 1.66. The molecule has 6 heteroatoms. The zero-order valence-corrected chi connectivity index (χ0v) is 14.4. The Bertz CT molecular complexity index is 456. The van der Waals surface area contributed by atoms with E-state index in [9.17, 15) is 9.90 Å². The molecule has 0 heterocycles. The maximum atomic E-state index is 11.7. The molecule has 22 heavy (non-hydrogen) atoms. The Labute approximate surface area is 136 Å². The lowest BCUT2D eigenvalue weighted by molar-refractivity contribution is 0.0491. The molecule has 5 nitrogen and oxygen atoms in total. The minimum atomic E-state index is -0.541. The van der Waals surface area contributed by atoms with Gasteiger partial charge in [-0.1, -0.05) is 12.1 Å². The van der Waals surface area contributed by atoms with E-state index >= 15 is 0 Å². The standard InChI is InChI=1S/C16H25NO4S/c1-16(2,3)21-15(19)17-13(9-18)11-22-10-12-5-7-14(20-4)8-6-12/h5-8,13,18H,9-11H2,1-4H3,(H,17,19)/t13-/m0/s1. The third kappa shape index (κ3) is 7.56. The number of rotatable bonds is 7. The third-order valence-electron chi connectivity index (χ3n) is 2.69. The van der Waals surface area contributed by atoms with Crippen LogP contribution in [0.4, 0.5) is 4.79 Å². The Morgan fingerprint density at radius 2 is 1.95 bits per heavy atom. The molecule has 1 aromatic rings. The van der Waals surface area contributed by atoms with Gasteiger partial charge in [-0.05, 0) is 38.5 Å². The number of ether oxygens (including phenoxy) is 2. The topological polar surface area (TPSA) is 67.8 Å². The lowest BCUT2D eigenvalue weighted by Gasteiger charge is -2.22. The van der Waals surface area contributed by atoms with Gasteiger partial charge in [0.1, 0.15) is 11.4 Å². The summed E-state index contributed by atoms with van der Waals surface area (Å²) in [6.07, 6.45) is -0.503. The van der Waals surface area contributed by atoms with Gasteiger partial charge in [0.25, 0.3) is 0 Å². The number of nitrogens with one attached hydrogen (secondary N) is 1. The van der Waals surface area contributed by atoms with Crippen molar-refractivity contribution in [1.29, 1.82) is 0 Å². The lowest BCUT2D eigenvalue weighted by atomic mass is 10.2. The number of methoxy groups -OCH3 is 1. The first-order chi connectivity index (χ1) is 10.3. The van der Waals surface area contributed by atoms with Crippen molar-refractivity contribution in [1.82, 2.24) is 5.32 Å². The van der Waals surface area contributed by atoms with Gasteiger partial charge >= 0.3 is 6.09 Å². The van der Waals surface area contributed by atoms with Gasteiger partial charge in [0, 0.05) is 11.5 Å². The molecule has 0 saturated heterocycles. The van der Waals surface area contributed by atoms with Crippen molar-refractivity contribution in [2.24, 2.45) is 0 Å². The highest BCUT2D eigenvalue weighted by atomic mass is 32.2. The molecule has 0 saturated carbocycles. The van der Waals surface area contributed by atoms with Crippen LogP contribution in [0.15, 0.2) is 24.3 Å². The van der Waals surface area contributed by atoms with Crippen molar-refractivity contribution in [2.75, 3.05) is 19.5 Å². The molecule has 2 N–H and O–H groups in total. The fraction of sp³-hybridized carbons (Fsp3) is 0.562. The van der Waals surface area contributed by atoms with Crippen LogP contribution >= 0.6 is 11.8 Å². The molecule has 0 aromatic heterocycles. The highest BCUT2D eigenvalue weighted by molar-refractivity contribution is 7.98. The average molecular weight is 327 g/mol. The fourth-order valence-corrected chi connectivity index (χ4v) is 2.67. The molecule has 0 aliphatic rings. The van der Waals surface area contributed by atoms with Crippen LogP contribution in [0.2, 0.25) is 0 Å². The van der Waals surface area contributed by atoms with E-state index in [2.05, 4.69) is 5.32 Å². The molecular weight excluding hydrogens is 302 g/mol. The Hall–Kier alpha value is -1.40. The van der Waals surface area contributed by atoms with Gasteiger partial charge in [-0.15, -0.1) is 0 Å². The molecule has 0 radical (unpaired) electrons. The number of carbonyl (C=O) groups is 1. The van der Waals surface area contributed by atoms with Crippen LogP contribution in [0.5, 0.6) is 5.75 Å². The summed E-state index contributed by atoms with van der Waals surface area (Å²) in [5, 5.41) is 12.0. The summed E-state index contributed by atoms with van der Waals surface area (Å²) in [5.41, 5.74) is 0.625. The predicted molar refractivity (Wildman–Crippen MR) is 89.4 cm³/mol. The zero-order chi connectivity index (χ0) is 16.6. The van der Waals surface area contributed by atoms with E-state index in [1.165, 1.54) is 5.56 Å². The number of carbonyl (C=O) groups excluding carboxylic acids is 1. The second-order valence-electron chi connectivity index (χ2n) is 5.89. The zero-order valence-electron chi connectivity index (χ0n) is 13.6. The van der Waals surface area contributed by atoms with Gasteiger partial charge < -0.3 is 19.9 Å². The summed E-state index contributed by atoms with van der Waals surface area (Å²) >= 11 is 1.64. The van der Waals surface area contributed by atoms with Gasteiger partial charge in [-0.2, -0.15) is 11.8 Å². The van der Waals surface area contributed by atoms with E-state index in [-0.39, 0.29) is 12.6 Å². The Morgan fingerprint density at radius 1 is 1.32 bits per heavy atom. The molecule has 0 unspecified atom stereocenters. The monoisotopic (exact) mass is 327 g/mol. The Kier molecular flexibility index (Phi) is 7.55. The van der Waals surface area contributed by atoms with Gasteiger partial charge in [0.2, 0.25) is 0 Å². The van der Waals surface area contributed by atoms with Crippen LogP contribution < -0.4 is 10.1 Å². The predicted octanol–water partition coefficient (Wildman–Crippen LogP) is 2.81. The molecule has 0 aliphatic carbocycles. The van der Waals surface area contributed by atoms with Crippen molar-refractivity contribution in [2.45, 2.75) is 38.2 Å². The second kappa shape index (κ2) is 8.90. The van der Waals surface area contributed by atoms with Gasteiger partial charge in [0.15, 0.2) is 0 Å². The van der Waals surface area contributed by atoms with Crippen LogP contribution in [0.3, 0.4) is 0 Å². The van der Waals surface area contributed by atoms with Crippen LogP contribution in [0.1, 0.15) is 26.3 Å². The molecular formula is C16H25NO4S. The number of aliphatic hydroxyl groups excluding tert-OH is 1. The van der Waals surface area contributed by atoms with Crippen molar-refractivity contribution in [3.05, 3.63) is 29.8 Å². The largest absolute Gasteiger partial charge is 0.497 e. The molecule has 124 valence electrons. The SMILES string of the molecule is COc1ccc(CSC[C@H](CO)NC(=O)OC(C)(C)C)cc1. The van der Waals surface area contributed by atoms with Crippen LogP contribution in [0.25, 0.3) is 0 Å². The van der Waals surface area contributed by atoms with Gasteiger partial charge in [-0.25, -0.2) is 4.79 Å². The molecule has 1 rings (SSSR count). The van der Waals surface area contributed by atoms with E-state index in [1.54, 1.807) is 39.6 Å². The summed E-state index contributed by atoms with van der Waals surface area (Å²) < 4.78 is 10.3. The highest BCUT2D eigenvalue weighted by Crippen LogP contribution is 2.17. The summed E-state index contributed by atoms with van der Waals surface area (Å²) in [4.78, 5) is 11.7. The molecule has 0 fully saturated rings. The van der Waals surface area contributed by atoms with Crippen molar-refractivity contribution in [3.63, 3.8) is 0 Å². The molecule has 1 atom stereocenters. The van der Waals surface area contributed by atoms with Crippen molar-refractivity contribution in [3.8, 4) is 5.75 Å². The van der Waals surface area contributed by atoms with Gasteiger partial charge in [0.05, 0.1) is 19.8 Å². The normalized spacial score (nSPS) is 12.6. The van der Waals surface area contributed by atoms with Gasteiger partial charge in [-0.3, -0.25) is 0 Å². The first-order valence-electron chi connectivity index (χ1n) is 7.15. The number of alkyl carbamates (subject to hydrolysis) is 1. The summed E-state index contributed by atoms with van der Waals surface area (Å²) in [7, 11) is 1.64. The Morgan fingerprint density at radius 3 is 2.45 bits per heavy atom. The van der Waals surface area contributed by atoms with Crippen molar-refractivity contribution < 1.29 is 19.4 Å². The lowest BCUT2D eigenvalue weighted by Crippen LogP contribution is -2.42. The minimum Gasteiger partial charge on any atom is -0.497 e. The first-order valence-corrected chi connectivity index (χ1v) is 8.30. The smallest absolute Gasteiger partial charge is 0.407 e. The van der Waals surface area contributed by atoms with Crippen LogP contribution in [-0.2, 0) is 10.5 Å². The number of aliphatic hydroxyl groups is 1. The van der Waals surface area contributed by atoms with E-state index in [0.29, 0.717) is 5.75 Å². The van der Waals surface area contributed by atoms with E-state index < -0.39 is 11.7 Å². The minimum absolute atomic E-state index is 0.116. The summed E-state index contributed by atoms with van der Waals surface area (Å²) in [5.74, 6) is 2.24. The van der Waals surface area contributed by atoms with Crippen LogP contribution in [-0.4, -0.2) is 42.3 Å².